The molecule has 1 aromatic heterocycles. The lowest BCUT2D eigenvalue weighted by molar-refractivity contribution is 0.791. The highest BCUT2D eigenvalue weighted by Crippen LogP contribution is 2.14. The van der Waals surface area contributed by atoms with Crippen molar-refractivity contribution in [3.63, 3.8) is 0 Å². The van der Waals surface area contributed by atoms with Gasteiger partial charge in [-0.15, -0.1) is 0 Å². The molecule has 0 aliphatic heterocycles. The number of pyridine rings is 1. The Hall–Kier alpha value is -1.09. The lowest BCUT2D eigenvalue weighted by atomic mass is 10.1. The topological polar surface area (TPSA) is 50.9 Å². The fourth-order valence-electron chi connectivity index (χ4n) is 1.18. The Kier molecular flexibility index (Phi) is 3.05. The molecule has 0 atom stereocenters. The average Bonchev–Trinajstić information content (AvgIpc) is 2.09. The van der Waals surface area contributed by atoms with E-state index in [4.69, 9.17) is 5.73 Å². The lowest BCUT2D eigenvalue weighted by Crippen LogP contribution is -2.10. The van der Waals surface area contributed by atoms with Crippen LogP contribution in [0.15, 0.2) is 12.3 Å². The van der Waals surface area contributed by atoms with E-state index in [-0.39, 0.29) is 0 Å². The van der Waals surface area contributed by atoms with Crippen LogP contribution in [0.25, 0.3) is 0 Å². The fraction of sp³-hybridized carbons (Fsp3) is 0.444. The second-order valence-electron chi connectivity index (χ2n) is 2.71. The van der Waals surface area contributed by atoms with Crippen LogP contribution in [-0.2, 0) is 13.0 Å². The summed E-state index contributed by atoms with van der Waals surface area (Å²) in [6.45, 7) is 2.83. The number of rotatable bonds is 3. The molecular weight excluding hydrogens is 150 g/mol. The fourth-order valence-corrected chi connectivity index (χ4v) is 1.18. The second-order valence-corrected chi connectivity index (χ2v) is 2.71. The number of hydrogen-bond acceptors (Lipinski definition) is 3. The quantitative estimate of drug-likeness (QED) is 0.701. The molecule has 1 heterocycles. The van der Waals surface area contributed by atoms with E-state index >= 15 is 0 Å². The van der Waals surface area contributed by atoms with Crippen LogP contribution in [0.1, 0.15) is 18.2 Å². The van der Waals surface area contributed by atoms with Crippen molar-refractivity contribution < 1.29 is 0 Å². The summed E-state index contributed by atoms with van der Waals surface area (Å²) in [5.74, 6) is 0. The molecule has 0 amide bonds. The predicted octanol–water partition coefficient (Wildman–Crippen LogP) is 0.946. The number of nitrogens with two attached hydrogens (primary N) is 1. The highest BCUT2D eigenvalue weighted by molar-refractivity contribution is 5.50. The number of nitrogen functional groups attached to an aromatic ring is 1. The number of aromatic nitrogens is 1. The molecule has 0 radical (unpaired) electrons. The highest BCUT2D eigenvalue weighted by Gasteiger charge is 2.02. The first-order chi connectivity index (χ1) is 5.79. The van der Waals surface area contributed by atoms with Gasteiger partial charge in [0.2, 0.25) is 0 Å². The molecule has 1 rings (SSSR count). The summed E-state index contributed by atoms with van der Waals surface area (Å²) in [5, 5.41) is 3.03. The van der Waals surface area contributed by atoms with Gasteiger partial charge in [-0.3, -0.25) is 4.98 Å². The Balaban J connectivity index is 2.97. The molecule has 0 aliphatic carbocycles. The molecule has 12 heavy (non-hydrogen) atoms. The predicted molar refractivity (Wildman–Crippen MR) is 50.8 cm³/mol. The van der Waals surface area contributed by atoms with Crippen LogP contribution in [0.5, 0.6) is 0 Å². The maximum Gasteiger partial charge on any atom is 0.0773 e. The molecule has 0 aromatic carbocycles. The zero-order valence-electron chi connectivity index (χ0n) is 7.59. The van der Waals surface area contributed by atoms with Crippen LogP contribution in [-0.4, -0.2) is 12.0 Å². The first kappa shape index (κ1) is 9.00. The Morgan fingerprint density at radius 1 is 1.58 bits per heavy atom. The maximum absolute atomic E-state index is 5.88. The van der Waals surface area contributed by atoms with Crippen molar-refractivity contribution >= 4 is 5.69 Å². The molecule has 0 bridgehead atoms. The van der Waals surface area contributed by atoms with E-state index in [1.54, 1.807) is 0 Å². The van der Waals surface area contributed by atoms with Gasteiger partial charge in [-0.1, -0.05) is 6.92 Å². The minimum absolute atomic E-state index is 0.736. The van der Waals surface area contributed by atoms with E-state index in [1.807, 2.05) is 19.3 Å². The maximum atomic E-state index is 5.88. The molecule has 0 unspecified atom stereocenters. The Morgan fingerprint density at radius 2 is 2.33 bits per heavy atom. The summed E-state index contributed by atoms with van der Waals surface area (Å²) in [4.78, 5) is 4.19. The summed E-state index contributed by atoms with van der Waals surface area (Å²) in [5.41, 5.74) is 8.82. The smallest absolute Gasteiger partial charge is 0.0773 e. The largest absolute Gasteiger partial charge is 0.397 e. The number of hydrogen-bond donors (Lipinski definition) is 2. The monoisotopic (exact) mass is 165 g/mol. The van der Waals surface area contributed by atoms with Gasteiger partial charge < -0.3 is 11.1 Å². The molecule has 0 aliphatic rings. The van der Waals surface area contributed by atoms with Crippen molar-refractivity contribution in [2.45, 2.75) is 19.9 Å². The Morgan fingerprint density at radius 3 is 2.92 bits per heavy atom. The number of anilines is 1. The van der Waals surface area contributed by atoms with E-state index in [0.29, 0.717) is 0 Å². The molecule has 1 aromatic rings. The van der Waals surface area contributed by atoms with E-state index in [0.717, 1.165) is 24.3 Å². The minimum Gasteiger partial charge on any atom is -0.397 e. The normalized spacial score (nSPS) is 10.2. The van der Waals surface area contributed by atoms with Gasteiger partial charge in [0.1, 0.15) is 0 Å². The molecule has 0 saturated carbocycles. The molecule has 3 nitrogen and oxygen atoms in total. The van der Waals surface area contributed by atoms with Crippen molar-refractivity contribution in [2.75, 3.05) is 12.8 Å². The first-order valence-electron chi connectivity index (χ1n) is 4.16. The molecule has 0 spiro atoms. The molecule has 66 valence electrons. The van der Waals surface area contributed by atoms with Gasteiger partial charge in [0.25, 0.3) is 0 Å². The van der Waals surface area contributed by atoms with E-state index in [2.05, 4.69) is 17.2 Å². The van der Waals surface area contributed by atoms with Crippen LogP contribution in [0, 0.1) is 0 Å². The SMILES string of the molecule is CCc1ccnc(CNC)c1N. The van der Waals surface area contributed by atoms with E-state index < -0.39 is 0 Å². The summed E-state index contributed by atoms with van der Waals surface area (Å²) >= 11 is 0. The summed E-state index contributed by atoms with van der Waals surface area (Å²) in [6.07, 6.45) is 2.77. The molecule has 3 heteroatoms. The zero-order valence-corrected chi connectivity index (χ0v) is 7.59. The van der Waals surface area contributed by atoms with Gasteiger partial charge in [-0.25, -0.2) is 0 Å². The van der Waals surface area contributed by atoms with Gasteiger partial charge in [0, 0.05) is 12.7 Å². The standard InChI is InChI=1S/C9H15N3/c1-3-7-4-5-12-8(6-11-2)9(7)10/h4-5,11H,3,6,10H2,1-2H3. The van der Waals surface area contributed by atoms with Crippen LogP contribution < -0.4 is 11.1 Å². The van der Waals surface area contributed by atoms with Crippen molar-refractivity contribution in [1.82, 2.24) is 10.3 Å². The highest BCUT2D eigenvalue weighted by atomic mass is 14.9. The molecular formula is C9H15N3. The lowest BCUT2D eigenvalue weighted by Gasteiger charge is -2.07. The van der Waals surface area contributed by atoms with E-state index in [1.165, 1.54) is 5.56 Å². The van der Waals surface area contributed by atoms with Gasteiger partial charge in [0.15, 0.2) is 0 Å². The van der Waals surface area contributed by atoms with Crippen LogP contribution in [0.2, 0.25) is 0 Å². The molecule has 0 fully saturated rings. The summed E-state index contributed by atoms with van der Waals surface area (Å²) in [7, 11) is 1.89. The average molecular weight is 165 g/mol. The van der Waals surface area contributed by atoms with Crippen molar-refractivity contribution in [1.29, 1.82) is 0 Å². The second kappa shape index (κ2) is 4.07. The molecule has 3 N–H and O–H groups in total. The summed E-state index contributed by atoms with van der Waals surface area (Å²) < 4.78 is 0. The van der Waals surface area contributed by atoms with Crippen LogP contribution in [0.3, 0.4) is 0 Å². The third kappa shape index (κ3) is 1.74. The Bertz CT molecular complexity index is 258. The van der Waals surface area contributed by atoms with Crippen molar-refractivity contribution in [2.24, 2.45) is 0 Å². The third-order valence-electron chi connectivity index (χ3n) is 1.89. The van der Waals surface area contributed by atoms with Crippen molar-refractivity contribution in [3.05, 3.63) is 23.5 Å². The number of aryl methyl sites for hydroxylation is 1. The van der Waals surface area contributed by atoms with E-state index in [9.17, 15) is 0 Å². The van der Waals surface area contributed by atoms with Gasteiger partial charge in [0.05, 0.1) is 11.4 Å². The van der Waals surface area contributed by atoms with Crippen LogP contribution >= 0.6 is 0 Å². The van der Waals surface area contributed by atoms with Crippen LogP contribution in [0.4, 0.5) is 5.69 Å². The summed E-state index contributed by atoms with van der Waals surface area (Å²) in [6, 6.07) is 1.97. The number of nitrogens with one attached hydrogen (secondary N) is 1. The number of nitrogens with zero attached hydrogens (tertiary/aromatic N) is 1. The van der Waals surface area contributed by atoms with Gasteiger partial charge in [-0.2, -0.15) is 0 Å². The zero-order chi connectivity index (χ0) is 8.97. The Labute approximate surface area is 73.0 Å². The minimum atomic E-state index is 0.736. The van der Waals surface area contributed by atoms with Gasteiger partial charge in [-0.05, 0) is 25.1 Å². The molecule has 0 saturated heterocycles. The van der Waals surface area contributed by atoms with Gasteiger partial charge >= 0.3 is 0 Å². The first-order valence-corrected chi connectivity index (χ1v) is 4.16. The van der Waals surface area contributed by atoms with Crippen molar-refractivity contribution in [3.8, 4) is 0 Å². The third-order valence-corrected chi connectivity index (χ3v) is 1.89.